The van der Waals surface area contributed by atoms with E-state index in [9.17, 15) is 10.1 Å². The average Bonchev–Trinajstić information content (AvgIpc) is 3.23. The van der Waals surface area contributed by atoms with E-state index >= 15 is 0 Å². The molecule has 10 heteroatoms. The first-order valence-electron chi connectivity index (χ1n) is 7.93. The van der Waals surface area contributed by atoms with Gasteiger partial charge >= 0.3 is 5.82 Å². The summed E-state index contributed by atoms with van der Waals surface area (Å²) in [7, 11) is 0. The van der Waals surface area contributed by atoms with E-state index in [1.54, 1.807) is 11.6 Å². The quantitative estimate of drug-likeness (QED) is 0.473. The molecule has 0 bridgehead atoms. The van der Waals surface area contributed by atoms with Crippen molar-refractivity contribution in [3.63, 3.8) is 0 Å². The Morgan fingerprint density at radius 3 is 2.04 bits per heavy atom. The summed E-state index contributed by atoms with van der Waals surface area (Å²) in [6.07, 6.45) is 1.06. The van der Waals surface area contributed by atoms with E-state index in [-0.39, 0.29) is 5.82 Å². The van der Waals surface area contributed by atoms with Crippen molar-refractivity contribution in [2.45, 2.75) is 46.7 Å². The fourth-order valence-electron chi connectivity index (χ4n) is 2.60. The van der Waals surface area contributed by atoms with Crippen LogP contribution >= 0.6 is 0 Å². The molecule has 0 spiro atoms. The molecule has 10 nitrogen and oxygen atoms in total. The molecule has 25 heavy (non-hydrogen) atoms. The molecular formula is C15H19N7O3. The van der Waals surface area contributed by atoms with Crippen molar-refractivity contribution in [2.24, 2.45) is 0 Å². The van der Waals surface area contributed by atoms with Gasteiger partial charge in [0, 0.05) is 25.1 Å². The second kappa shape index (κ2) is 6.83. The van der Waals surface area contributed by atoms with Gasteiger partial charge in [0.25, 0.3) is 0 Å². The lowest BCUT2D eigenvalue weighted by Gasteiger charge is -2.01. The van der Waals surface area contributed by atoms with Gasteiger partial charge in [0.2, 0.25) is 11.8 Å². The zero-order valence-electron chi connectivity index (χ0n) is 14.3. The average molecular weight is 345 g/mol. The number of nitrogens with zero attached hydrogens (tertiary/aromatic N) is 7. The van der Waals surface area contributed by atoms with E-state index in [2.05, 4.69) is 20.4 Å². The molecule has 0 saturated carbocycles. The van der Waals surface area contributed by atoms with Crippen LogP contribution in [0.15, 0.2) is 16.5 Å². The van der Waals surface area contributed by atoms with E-state index in [4.69, 9.17) is 4.42 Å². The Kier molecular flexibility index (Phi) is 4.59. The number of hydrogen-bond acceptors (Lipinski definition) is 7. The van der Waals surface area contributed by atoms with Crippen molar-refractivity contribution in [3.05, 3.63) is 51.1 Å². The molecule has 0 unspecified atom stereocenters. The van der Waals surface area contributed by atoms with Crippen LogP contribution in [0.3, 0.4) is 0 Å². The first-order valence-corrected chi connectivity index (χ1v) is 7.93. The Morgan fingerprint density at radius 1 is 1.00 bits per heavy atom. The van der Waals surface area contributed by atoms with Crippen LogP contribution in [0.2, 0.25) is 0 Å². The third-order valence-electron chi connectivity index (χ3n) is 3.84. The standard InChI is InChI=1S/C15H19N7O3/c1-10-8-11(2)20(18-10)6-4-14-16-17-15(25-14)5-7-21-12(3)9-13(19-21)22(23)24/h8-9H,4-7H2,1-3H3. The molecule has 0 saturated heterocycles. The van der Waals surface area contributed by atoms with Crippen LogP contribution in [0, 0.1) is 30.9 Å². The maximum atomic E-state index is 10.7. The van der Waals surface area contributed by atoms with Gasteiger partial charge in [-0.25, -0.2) is 0 Å². The molecule has 0 aliphatic heterocycles. The summed E-state index contributed by atoms with van der Waals surface area (Å²) in [5, 5.41) is 27.1. The number of aromatic nitrogens is 6. The van der Waals surface area contributed by atoms with Gasteiger partial charge in [0.15, 0.2) is 0 Å². The lowest BCUT2D eigenvalue weighted by molar-refractivity contribution is -0.389. The van der Waals surface area contributed by atoms with E-state index < -0.39 is 4.92 Å². The highest BCUT2D eigenvalue weighted by Gasteiger charge is 2.16. The van der Waals surface area contributed by atoms with Crippen LogP contribution in [-0.2, 0) is 25.9 Å². The molecule has 0 fully saturated rings. The molecule has 0 aromatic carbocycles. The predicted octanol–water partition coefficient (Wildman–Crippen LogP) is 1.78. The third kappa shape index (κ3) is 3.90. The minimum atomic E-state index is -0.507. The van der Waals surface area contributed by atoms with Gasteiger partial charge in [-0.2, -0.15) is 9.78 Å². The SMILES string of the molecule is Cc1cc(C)n(CCc2nnc(CCn3nc([N+](=O)[O-])cc3C)o2)n1. The zero-order chi connectivity index (χ0) is 18.0. The molecule has 3 heterocycles. The first-order chi connectivity index (χ1) is 11.9. The van der Waals surface area contributed by atoms with Gasteiger partial charge in [-0.1, -0.05) is 0 Å². The highest BCUT2D eigenvalue weighted by Crippen LogP contribution is 2.12. The summed E-state index contributed by atoms with van der Waals surface area (Å²) >= 11 is 0. The summed E-state index contributed by atoms with van der Waals surface area (Å²) in [6, 6.07) is 3.46. The third-order valence-corrected chi connectivity index (χ3v) is 3.84. The fraction of sp³-hybridized carbons (Fsp3) is 0.467. The zero-order valence-corrected chi connectivity index (χ0v) is 14.3. The first kappa shape index (κ1) is 16.8. The minimum Gasteiger partial charge on any atom is -0.425 e. The second-order valence-electron chi connectivity index (χ2n) is 5.86. The monoisotopic (exact) mass is 345 g/mol. The van der Waals surface area contributed by atoms with Gasteiger partial charge in [0.1, 0.15) is 0 Å². The van der Waals surface area contributed by atoms with Crippen molar-refractivity contribution < 1.29 is 9.34 Å². The van der Waals surface area contributed by atoms with Crippen LogP contribution in [-0.4, -0.2) is 34.7 Å². The fourth-order valence-corrected chi connectivity index (χ4v) is 2.60. The maximum absolute atomic E-state index is 10.7. The Bertz CT molecular complexity index is 893. The van der Waals surface area contributed by atoms with Gasteiger partial charge in [-0.15, -0.1) is 10.2 Å². The number of nitro groups is 1. The Morgan fingerprint density at radius 2 is 1.56 bits per heavy atom. The second-order valence-corrected chi connectivity index (χ2v) is 5.86. The van der Waals surface area contributed by atoms with Crippen LogP contribution < -0.4 is 0 Å². The molecule has 0 N–H and O–H groups in total. The summed E-state index contributed by atoms with van der Waals surface area (Å²) in [6.45, 7) is 6.85. The Labute approximate surface area is 143 Å². The summed E-state index contributed by atoms with van der Waals surface area (Å²) in [5.74, 6) is 0.875. The van der Waals surface area contributed by atoms with Gasteiger partial charge < -0.3 is 14.5 Å². The minimum absolute atomic E-state index is 0.159. The predicted molar refractivity (Wildman–Crippen MR) is 87.0 cm³/mol. The van der Waals surface area contributed by atoms with Crippen LogP contribution in [0.25, 0.3) is 0 Å². The van der Waals surface area contributed by atoms with E-state index in [0.29, 0.717) is 37.7 Å². The lowest BCUT2D eigenvalue weighted by Crippen LogP contribution is -2.06. The van der Waals surface area contributed by atoms with Crippen LogP contribution in [0.4, 0.5) is 5.82 Å². The molecule has 3 aromatic heterocycles. The van der Waals surface area contributed by atoms with Crippen molar-refractivity contribution >= 4 is 5.82 Å². The summed E-state index contributed by atoms with van der Waals surface area (Å²) < 4.78 is 9.11. The molecule has 0 atom stereocenters. The molecule has 132 valence electrons. The number of aryl methyl sites for hydroxylation is 7. The van der Waals surface area contributed by atoms with Gasteiger partial charge in [-0.3, -0.25) is 4.68 Å². The number of hydrogen-bond donors (Lipinski definition) is 0. The van der Waals surface area contributed by atoms with Crippen LogP contribution in [0.1, 0.15) is 28.9 Å². The lowest BCUT2D eigenvalue weighted by atomic mass is 10.4. The topological polar surface area (TPSA) is 118 Å². The van der Waals surface area contributed by atoms with Crippen molar-refractivity contribution in [1.29, 1.82) is 0 Å². The van der Waals surface area contributed by atoms with Crippen molar-refractivity contribution in [3.8, 4) is 0 Å². The Hall–Kier alpha value is -3.04. The van der Waals surface area contributed by atoms with Crippen molar-refractivity contribution in [1.82, 2.24) is 29.8 Å². The normalized spacial score (nSPS) is 11.2. The molecule has 3 aromatic rings. The highest BCUT2D eigenvalue weighted by atomic mass is 16.6. The van der Waals surface area contributed by atoms with Gasteiger partial charge in [0.05, 0.1) is 29.1 Å². The molecule has 3 rings (SSSR count). The molecule has 0 aliphatic rings. The summed E-state index contributed by atoms with van der Waals surface area (Å²) in [5.41, 5.74) is 2.79. The molecular weight excluding hydrogens is 326 g/mol. The van der Waals surface area contributed by atoms with E-state index in [1.165, 1.54) is 6.07 Å². The van der Waals surface area contributed by atoms with Gasteiger partial charge in [-0.05, 0) is 31.8 Å². The maximum Gasteiger partial charge on any atom is 0.390 e. The smallest absolute Gasteiger partial charge is 0.390 e. The van der Waals surface area contributed by atoms with E-state index in [0.717, 1.165) is 17.1 Å². The Balaban J connectivity index is 1.56. The molecule has 0 aliphatic carbocycles. The van der Waals surface area contributed by atoms with Crippen molar-refractivity contribution in [2.75, 3.05) is 0 Å². The molecule has 0 radical (unpaired) electrons. The number of rotatable bonds is 7. The molecule has 0 amide bonds. The van der Waals surface area contributed by atoms with E-state index in [1.807, 2.05) is 24.6 Å². The highest BCUT2D eigenvalue weighted by molar-refractivity contribution is 5.20. The largest absolute Gasteiger partial charge is 0.425 e. The van der Waals surface area contributed by atoms with Crippen LogP contribution in [0.5, 0.6) is 0 Å². The summed E-state index contributed by atoms with van der Waals surface area (Å²) in [4.78, 5) is 10.2.